The zero-order chi connectivity index (χ0) is 58.5. The standard InChI is InChI=1S/C58H78ClFN10O9S2/c1-36-48(80-35-65-36)37-13-14-38(30-63-50(73)41-28-39(71)33-70(41)51(74)49(54(2,3)4)67-52(75)58(60)15-16-58)42(27-37)78-26-10-21-68-22-19-57(77,20-23-68)29-45(72)66-40-11-9-12-43(47(40)59)81-46-32-61-44(31-62-46)69-24-17-56(8,18-25-69)34-64-53(76)79-55(5,6)7/h9,11-14,27,31-32,35,39,41,49,71,77H,10,15-26,28-30,33-34H2,1-8H3,(H,63,73)(H,64,76)(H,66,72)(H,67,75)/t39-,41+,49-/m1/s1. The van der Waals surface area contributed by atoms with Gasteiger partial charge in [0, 0.05) is 69.2 Å². The van der Waals surface area contributed by atoms with Crippen LogP contribution in [0, 0.1) is 17.8 Å². The van der Waals surface area contributed by atoms with E-state index >= 15 is 0 Å². The first-order valence-electron chi connectivity index (χ1n) is 27.9. The van der Waals surface area contributed by atoms with E-state index < -0.39 is 64.3 Å². The van der Waals surface area contributed by atoms with Crippen LogP contribution in [-0.4, -0.2) is 152 Å². The summed E-state index contributed by atoms with van der Waals surface area (Å²) in [6, 6.07) is 9.00. The van der Waals surface area contributed by atoms with Crippen molar-refractivity contribution in [2.45, 2.75) is 165 Å². The van der Waals surface area contributed by atoms with E-state index in [0.29, 0.717) is 84.0 Å². The van der Waals surface area contributed by atoms with Gasteiger partial charge in [-0.25, -0.2) is 24.1 Å². The summed E-state index contributed by atoms with van der Waals surface area (Å²) in [7, 11) is 0. The number of aliphatic hydroxyl groups is 2. The lowest BCUT2D eigenvalue weighted by Crippen LogP contribution is -2.59. The molecular formula is C58H78ClFN10O9S2. The fraction of sp³-hybridized carbons (Fsp3) is 0.586. The molecule has 1 aliphatic carbocycles. The van der Waals surface area contributed by atoms with Gasteiger partial charge in [0.05, 0.1) is 63.9 Å². The summed E-state index contributed by atoms with van der Waals surface area (Å²) in [6.45, 7) is 19.1. The minimum absolute atomic E-state index is 0.00321. The van der Waals surface area contributed by atoms with Gasteiger partial charge in [0.15, 0.2) is 5.67 Å². The van der Waals surface area contributed by atoms with E-state index in [2.05, 4.69) is 48.0 Å². The normalized spacial score (nSPS) is 20.0. The van der Waals surface area contributed by atoms with Crippen molar-refractivity contribution in [2.75, 3.05) is 62.6 Å². The molecule has 81 heavy (non-hydrogen) atoms. The number of likely N-dealkylation sites (tertiary alicyclic amines) is 2. The van der Waals surface area contributed by atoms with Crippen molar-refractivity contribution in [3.8, 4) is 16.2 Å². The number of hydrogen-bond acceptors (Lipinski definition) is 16. The number of alkyl halides is 1. The van der Waals surface area contributed by atoms with Crippen LogP contribution >= 0.6 is 34.7 Å². The van der Waals surface area contributed by atoms with Crippen LogP contribution in [0.3, 0.4) is 0 Å². The van der Waals surface area contributed by atoms with Crippen molar-refractivity contribution in [1.82, 2.24) is 40.7 Å². The van der Waals surface area contributed by atoms with Crippen LogP contribution in [-0.2, 0) is 30.5 Å². The zero-order valence-electron chi connectivity index (χ0n) is 47.7. The van der Waals surface area contributed by atoms with E-state index in [1.54, 1.807) is 50.8 Å². The summed E-state index contributed by atoms with van der Waals surface area (Å²) in [6.07, 6.45) is 5.35. The van der Waals surface area contributed by atoms with Crippen LogP contribution < -0.4 is 30.9 Å². The Morgan fingerprint density at radius 3 is 2.32 bits per heavy atom. The van der Waals surface area contributed by atoms with Gasteiger partial charge in [0.1, 0.15) is 34.3 Å². The highest BCUT2D eigenvalue weighted by atomic mass is 35.5. The van der Waals surface area contributed by atoms with Gasteiger partial charge in [0.25, 0.3) is 5.91 Å². The van der Waals surface area contributed by atoms with Gasteiger partial charge in [-0.05, 0) is 107 Å². The quantitative estimate of drug-likeness (QED) is 0.0459. The highest BCUT2D eigenvalue weighted by molar-refractivity contribution is 7.99. The number of β-amino-alcohol motifs (C(OH)–C–C–N with tert-alkyl or cyclic N) is 1. The molecule has 440 valence electrons. The molecule has 0 radical (unpaired) electrons. The van der Waals surface area contributed by atoms with E-state index in [0.717, 1.165) is 47.9 Å². The molecule has 4 fully saturated rings. The average molecular weight is 1180 g/mol. The molecule has 6 N–H and O–H groups in total. The molecule has 8 rings (SSSR count). The molecule has 3 aliphatic heterocycles. The van der Waals surface area contributed by atoms with Gasteiger partial charge in [-0.1, -0.05) is 69.3 Å². The lowest BCUT2D eigenvalue weighted by molar-refractivity contribution is -0.145. The number of benzene rings is 2. The summed E-state index contributed by atoms with van der Waals surface area (Å²) in [5, 5.41) is 34.7. The highest BCUT2D eigenvalue weighted by Crippen LogP contribution is 2.41. The molecule has 19 nitrogen and oxygen atoms in total. The summed E-state index contributed by atoms with van der Waals surface area (Å²) in [5.41, 5.74) is 0.0678. The number of ether oxygens (including phenoxy) is 2. The number of aryl methyl sites for hydroxylation is 1. The van der Waals surface area contributed by atoms with Gasteiger partial charge < -0.3 is 55.7 Å². The fourth-order valence-electron chi connectivity index (χ4n) is 10.3. The predicted octanol–water partition coefficient (Wildman–Crippen LogP) is 8.08. The first-order valence-corrected chi connectivity index (χ1v) is 29.9. The van der Waals surface area contributed by atoms with Crippen LogP contribution in [0.5, 0.6) is 5.75 Å². The number of rotatable bonds is 20. The summed E-state index contributed by atoms with van der Waals surface area (Å²) < 4.78 is 26.5. The van der Waals surface area contributed by atoms with Gasteiger partial charge in [0.2, 0.25) is 17.7 Å². The summed E-state index contributed by atoms with van der Waals surface area (Å²) >= 11 is 9.70. The topological polar surface area (TPSA) is 241 Å². The summed E-state index contributed by atoms with van der Waals surface area (Å²) in [4.78, 5) is 87.5. The van der Waals surface area contributed by atoms with Crippen LogP contribution in [0.2, 0.25) is 5.02 Å². The Bertz CT molecular complexity index is 2900. The molecule has 3 saturated heterocycles. The largest absolute Gasteiger partial charge is 0.493 e. The SMILES string of the molecule is Cc1ncsc1-c1ccc(CNC(=O)[C@@H]2C[C@@H](O)CN2C(=O)[C@@H](NC(=O)C2(F)CC2)C(C)(C)C)c(OCCCN2CCC(O)(CC(=O)Nc3cccc(Sc4cnc(N5CCC(C)(CNC(=O)OC(C)(C)C)CC5)cn4)c3Cl)CC2)c1. The van der Waals surface area contributed by atoms with Gasteiger partial charge in [-0.15, -0.1) is 11.3 Å². The maximum absolute atomic E-state index is 14.7. The smallest absolute Gasteiger partial charge is 0.407 e. The molecule has 1 saturated carbocycles. The molecule has 0 unspecified atom stereocenters. The number of thiazole rings is 1. The molecule has 4 aliphatic rings. The lowest BCUT2D eigenvalue weighted by Gasteiger charge is -2.40. The number of hydrogen-bond donors (Lipinski definition) is 6. The number of amides is 5. The Hall–Kier alpha value is -5.65. The van der Waals surface area contributed by atoms with E-state index in [1.165, 1.54) is 28.0 Å². The molecule has 5 amide bonds. The number of carbonyl (C=O) groups excluding carboxylic acids is 5. The molecule has 4 aromatic rings. The van der Waals surface area contributed by atoms with Crippen LogP contribution in [0.15, 0.2) is 64.2 Å². The molecule has 3 atom stereocenters. The van der Waals surface area contributed by atoms with Gasteiger partial charge in [-0.3, -0.25) is 19.2 Å². The lowest BCUT2D eigenvalue weighted by atomic mass is 9.80. The number of aromatic nitrogens is 3. The number of halogens is 2. The van der Waals surface area contributed by atoms with E-state index in [-0.39, 0.29) is 50.1 Å². The molecule has 2 aromatic carbocycles. The highest BCUT2D eigenvalue weighted by Gasteiger charge is 2.53. The second kappa shape index (κ2) is 25.5. The Morgan fingerprint density at radius 1 is 0.951 bits per heavy atom. The van der Waals surface area contributed by atoms with Crippen molar-refractivity contribution in [3.63, 3.8) is 0 Å². The third-order valence-electron chi connectivity index (χ3n) is 15.4. The van der Waals surface area contributed by atoms with Crippen LogP contribution in [0.4, 0.5) is 20.7 Å². The van der Waals surface area contributed by atoms with Gasteiger partial charge >= 0.3 is 6.09 Å². The molecule has 0 spiro atoms. The minimum atomic E-state index is -1.99. The third-order valence-corrected chi connectivity index (χ3v) is 17.9. The van der Waals surface area contributed by atoms with Crippen molar-refractivity contribution in [2.24, 2.45) is 10.8 Å². The van der Waals surface area contributed by atoms with Gasteiger partial charge in [-0.2, -0.15) is 0 Å². The number of anilines is 2. The number of nitrogens with zero attached hydrogens (tertiary/aromatic N) is 6. The second-order valence-corrected chi connectivity index (χ2v) is 26.8. The Morgan fingerprint density at radius 2 is 1.68 bits per heavy atom. The molecule has 0 bridgehead atoms. The maximum atomic E-state index is 14.7. The van der Waals surface area contributed by atoms with Crippen LogP contribution in [0.25, 0.3) is 10.4 Å². The Kier molecular flexibility index (Phi) is 19.3. The van der Waals surface area contributed by atoms with Crippen LogP contribution in [0.1, 0.15) is 118 Å². The predicted molar refractivity (Wildman–Crippen MR) is 310 cm³/mol. The first kappa shape index (κ1) is 61.4. The fourth-order valence-corrected chi connectivity index (χ4v) is 12.2. The number of alkyl carbamates (subject to hydrolysis) is 1. The maximum Gasteiger partial charge on any atom is 0.407 e. The third kappa shape index (κ3) is 16.3. The minimum Gasteiger partial charge on any atom is -0.493 e. The first-order chi connectivity index (χ1) is 38.2. The van der Waals surface area contributed by atoms with Crippen molar-refractivity contribution in [1.29, 1.82) is 0 Å². The monoisotopic (exact) mass is 1180 g/mol. The Labute approximate surface area is 487 Å². The molecule has 2 aromatic heterocycles. The van der Waals surface area contributed by atoms with Crippen molar-refractivity contribution >= 4 is 75.9 Å². The molecular weight excluding hydrogens is 1100 g/mol. The molecule has 5 heterocycles. The molecule has 23 heteroatoms. The number of piperidine rings is 2. The zero-order valence-corrected chi connectivity index (χ0v) is 50.1. The second-order valence-electron chi connectivity index (χ2n) is 24.5. The van der Waals surface area contributed by atoms with Crippen molar-refractivity contribution in [3.05, 3.63) is 70.6 Å². The Balaban J connectivity index is 0.790. The average Bonchev–Trinajstić information content (AvgIpc) is 3.96. The van der Waals surface area contributed by atoms with E-state index in [9.17, 15) is 38.6 Å². The number of nitrogens with one attached hydrogen (secondary N) is 4. The van der Waals surface area contributed by atoms with E-state index in [4.69, 9.17) is 26.1 Å². The summed E-state index contributed by atoms with van der Waals surface area (Å²) in [5.74, 6) is -0.899. The number of aliphatic hydroxyl groups excluding tert-OH is 1. The van der Waals surface area contributed by atoms with Crippen molar-refractivity contribution < 1.29 is 48.0 Å². The number of carbonyl (C=O) groups is 5. The van der Waals surface area contributed by atoms with E-state index in [1.807, 2.05) is 52.0 Å².